The fourth-order valence-electron chi connectivity index (χ4n) is 2.41. The summed E-state index contributed by atoms with van der Waals surface area (Å²) in [6, 6.07) is 0. The number of aromatic nitrogens is 3. The lowest BCUT2D eigenvalue weighted by Crippen LogP contribution is -2.15. The molecule has 3 rings (SSSR count). The maximum absolute atomic E-state index is 6.19. The van der Waals surface area contributed by atoms with Gasteiger partial charge in [0.05, 0.1) is 5.69 Å². The van der Waals surface area contributed by atoms with E-state index in [0.717, 1.165) is 29.5 Å². The van der Waals surface area contributed by atoms with E-state index in [-0.39, 0.29) is 5.41 Å². The second-order valence-electron chi connectivity index (χ2n) is 4.82. The number of thiazole rings is 1. The number of aryl methyl sites for hydroxylation is 1. The number of hydrogen-bond donors (Lipinski definition) is 1. The van der Waals surface area contributed by atoms with Crippen LogP contribution in [0.15, 0.2) is 11.6 Å². The maximum atomic E-state index is 6.19. The number of rotatable bonds is 1. The van der Waals surface area contributed by atoms with E-state index in [4.69, 9.17) is 5.73 Å². The van der Waals surface area contributed by atoms with Gasteiger partial charge in [0.15, 0.2) is 0 Å². The molecule has 0 fully saturated rings. The molecule has 0 bridgehead atoms. The zero-order valence-corrected chi connectivity index (χ0v) is 10.2. The van der Waals surface area contributed by atoms with Crippen LogP contribution < -0.4 is 5.73 Å². The van der Waals surface area contributed by atoms with E-state index in [1.807, 2.05) is 5.38 Å². The lowest BCUT2D eigenvalue weighted by Gasteiger charge is -2.18. The summed E-state index contributed by atoms with van der Waals surface area (Å²) in [6.45, 7) is 4.45. The summed E-state index contributed by atoms with van der Waals surface area (Å²) >= 11 is 1.56. The van der Waals surface area contributed by atoms with Crippen LogP contribution in [0, 0.1) is 0 Å². The molecule has 1 aliphatic carbocycles. The highest BCUT2D eigenvalue weighted by molar-refractivity contribution is 7.12. The quantitative estimate of drug-likeness (QED) is 0.822. The van der Waals surface area contributed by atoms with E-state index in [2.05, 4.69) is 23.9 Å². The summed E-state index contributed by atoms with van der Waals surface area (Å²) < 4.78 is 1.77. The molecule has 2 N–H and O–H groups in total. The van der Waals surface area contributed by atoms with Crippen molar-refractivity contribution < 1.29 is 0 Å². The molecule has 0 aromatic carbocycles. The molecule has 16 heavy (non-hydrogen) atoms. The summed E-state index contributed by atoms with van der Waals surface area (Å²) in [6.07, 6.45) is 3.93. The molecule has 1 aliphatic rings. The first-order valence-electron chi connectivity index (χ1n) is 5.37. The molecule has 0 amide bonds. The van der Waals surface area contributed by atoms with E-state index >= 15 is 0 Å². The van der Waals surface area contributed by atoms with Gasteiger partial charge < -0.3 is 5.73 Å². The maximum Gasteiger partial charge on any atom is 0.212 e. The molecule has 0 saturated heterocycles. The van der Waals surface area contributed by atoms with Gasteiger partial charge in [-0.15, -0.1) is 11.3 Å². The monoisotopic (exact) mass is 234 g/mol. The van der Waals surface area contributed by atoms with Gasteiger partial charge in [0.2, 0.25) is 5.13 Å². The van der Waals surface area contributed by atoms with Crippen LogP contribution in [0.1, 0.15) is 31.5 Å². The Bertz CT molecular complexity index is 524. The van der Waals surface area contributed by atoms with Crippen LogP contribution in [0.4, 0.5) is 5.82 Å². The molecule has 84 valence electrons. The Hall–Kier alpha value is -1.36. The van der Waals surface area contributed by atoms with Crippen molar-refractivity contribution in [3.05, 3.63) is 22.8 Å². The third-order valence-electron chi connectivity index (χ3n) is 3.26. The summed E-state index contributed by atoms with van der Waals surface area (Å²) in [5, 5.41) is 7.35. The molecule has 0 unspecified atom stereocenters. The highest BCUT2D eigenvalue weighted by Crippen LogP contribution is 2.42. The van der Waals surface area contributed by atoms with Gasteiger partial charge in [-0.25, -0.2) is 4.98 Å². The highest BCUT2D eigenvalue weighted by atomic mass is 32.1. The van der Waals surface area contributed by atoms with Crippen LogP contribution in [0.25, 0.3) is 5.13 Å². The lowest BCUT2D eigenvalue weighted by atomic mass is 9.87. The molecular formula is C11H14N4S. The van der Waals surface area contributed by atoms with Gasteiger partial charge in [-0.2, -0.15) is 9.78 Å². The first-order chi connectivity index (χ1) is 7.59. The SMILES string of the molecule is CC1(C)CCc2nn(-c3nccs3)c(N)c21. The first-order valence-corrected chi connectivity index (χ1v) is 6.25. The zero-order valence-electron chi connectivity index (χ0n) is 9.40. The molecule has 2 aromatic heterocycles. The Morgan fingerprint density at radius 2 is 2.31 bits per heavy atom. The van der Waals surface area contributed by atoms with Gasteiger partial charge in [-0.05, 0) is 18.3 Å². The minimum Gasteiger partial charge on any atom is -0.383 e. The molecular weight excluding hydrogens is 220 g/mol. The number of nitrogens with two attached hydrogens (primary N) is 1. The standard InChI is InChI=1S/C11H14N4S/c1-11(2)4-3-7-8(11)9(12)15(14-7)10-13-5-6-16-10/h5-6H,3-4,12H2,1-2H3. The van der Waals surface area contributed by atoms with Crippen molar-refractivity contribution in [3.63, 3.8) is 0 Å². The van der Waals surface area contributed by atoms with E-state index < -0.39 is 0 Å². The van der Waals surface area contributed by atoms with Gasteiger partial charge in [-0.3, -0.25) is 0 Å². The average molecular weight is 234 g/mol. The number of hydrogen-bond acceptors (Lipinski definition) is 4. The van der Waals surface area contributed by atoms with E-state index in [9.17, 15) is 0 Å². The zero-order chi connectivity index (χ0) is 11.3. The third kappa shape index (κ3) is 1.21. The fourth-order valence-corrected chi connectivity index (χ4v) is 3.02. The summed E-state index contributed by atoms with van der Waals surface area (Å²) in [7, 11) is 0. The Kier molecular flexibility index (Phi) is 1.89. The van der Waals surface area contributed by atoms with Crippen molar-refractivity contribution in [2.45, 2.75) is 32.1 Å². The smallest absolute Gasteiger partial charge is 0.212 e. The second-order valence-corrected chi connectivity index (χ2v) is 5.69. The van der Waals surface area contributed by atoms with Gasteiger partial charge >= 0.3 is 0 Å². The van der Waals surface area contributed by atoms with Gasteiger partial charge in [0.25, 0.3) is 0 Å². The van der Waals surface area contributed by atoms with Crippen LogP contribution in [-0.4, -0.2) is 14.8 Å². The summed E-state index contributed by atoms with van der Waals surface area (Å²) in [5.41, 5.74) is 8.68. The molecule has 5 heteroatoms. The predicted octanol–water partition coefficient (Wildman–Crippen LogP) is 2.13. The Morgan fingerprint density at radius 3 is 2.94 bits per heavy atom. The largest absolute Gasteiger partial charge is 0.383 e. The topological polar surface area (TPSA) is 56.7 Å². The van der Waals surface area contributed by atoms with Crippen molar-refractivity contribution in [1.82, 2.24) is 14.8 Å². The van der Waals surface area contributed by atoms with Crippen molar-refractivity contribution in [1.29, 1.82) is 0 Å². The molecule has 2 aromatic rings. The van der Waals surface area contributed by atoms with Gasteiger partial charge in [0, 0.05) is 17.1 Å². The van der Waals surface area contributed by atoms with Crippen molar-refractivity contribution >= 4 is 17.2 Å². The van der Waals surface area contributed by atoms with Gasteiger partial charge in [0.1, 0.15) is 5.82 Å². The van der Waals surface area contributed by atoms with Crippen LogP contribution in [0.3, 0.4) is 0 Å². The van der Waals surface area contributed by atoms with Crippen LogP contribution in [-0.2, 0) is 11.8 Å². The van der Waals surface area contributed by atoms with E-state index in [0.29, 0.717) is 0 Å². The number of fused-ring (bicyclic) bond motifs is 1. The van der Waals surface area contributed by atoms with Crippen molar-refractivity contribution in [3.8, 4) is 5.13 Å². The molecule has 0 saturated carbocycles. The molecule has 0 spiro atoms. The first kappa shape index (κ1) is 9.84. The van der Waals surface area contributed by atoms with Gasteiger partial charge in [-0.1, -0.05) is 13.8 Å². The van der Waals surface area contributed by atoms with E-state index in [1.165, 1.54) is 5.56 Å². The molecule has 0 radical (unpaired) electrons. The lowest BCUT2D eigenvalue weighted by molar-refractivity contribution is 0.519. The molecule has 2 heterocycles. The molecule has 4 nitrogen and oxygen atoms in total. The highest BCUT2D eigenvalue weighted by Gasteiger charge is 2.36. The Balaban J connectivity index is 2.19. The fraction of sp³-hybridized carbons (Fsp3) is 0.455. The normalized spacial score (nSPS) is 17.6. The minimum atomic E-state index is 0.148. The number of nitrogen functional groups attached to an aromatic ring is 1. The number of nitrogens with zero attached hydrogens (tertiary/aromatic N) is 3. The molecule has 0 aliphatic heterocycles. The second kappa shape index (κ2) is 3.07. The number of anilines is 1. The Morgan fingerprint density at radius 1 is 1.50 bits per heavy atom. The summed E-state index contributed by atoms with van der Waals surface area (Å²) in [5.74, 6) is 0.757. The van der Waals surface area contributed by atoms with Crippen molar-refractivity contribution in [2.75, 3.05) is 5.73 Å². The third-order valence-corrected chi connectivity index (χ3v) is 4.00. The van der Waals surface area contributed by atoms with Crippen LogP contribution in [0.2, 0.25) is 0 Å². The predicted molar refractivity (Wildman–Crippen MR) is 65.0 cm³/mol. The van der Waals surface area contributed by atoms with Crippen LogP contribution >= 0.6 is 11.3 Å². The summed E-state index contributed by atoms with van der Waals surface area (Å²) in [4.78, 5) is 4.25. The van der Waals surface area contributed by atoms with E-state index in [1.54, 1.807) is 22.2 Å². The van der Waals surface area contributed by atoms with Crippen molar-refractivity contribution in [2.24, 2.45) is 0 Å². The Labute approximate surface area is 98.1 Å². The van der Waals surface area contributed by atoms with Crippen LogP contribution in [0.5, 0.6) is 0 Å². The molecule has 0 atom stereocenters. The minimum absolute atomic E-state index is 0.148. The average Bonchev–Trinajstić information content (AvgIpc) is 2.86.